The van der Waals surface area contributed by atoms with Gasteiger partial charge in [-0.15, -0.1) is 0 Å². The molecule has 1 nitrogen and oxygen atoms in total. The third-order valence-electron chi connectivity index (χ3n) is 3.06. The molecule has 0 heterocycles. The third kappa shape index (κ3) is 4.71. The Labute approximate surface area is 114 Å². The zero-order chi connectivity index (χ0) is 13.1. The van der Waals surface area contributed by atoms with Gasteiger partial charge in [-0.3, -0.25) is 0 Å². The van der Waals surface area contributed by atoms with Gasteiger partial charge in [0.05, 0.1) is 6.61 Å². The Kier molecular flexibility index (Phi) is 5.05. The summed E-state index contributed by atoms with van der Waals surface area (Å²) in [5.41, 5.74) is 2.78. The molecule has 0 amide bonds. The van der Waals surface area contributed by atoms with Crippen molar-refractivity contribution in [1.29, 1.82) is 0 Å². The first-order chi connectivity index (χ1) is 7.82. The maximum Gasteiger partial charge on any atom is 0.119 e. The van der Waals surface area contributed by atoms with E-state index in [0.717, 1.165) is 17.7 Å². The van der Waals surface area contributed by atoms with Crippen molar-refractivity contribution in [2.75, 3.05) is 11.9 Å². The van der Waals surface area contributed by atoms with E-state index in [1.807, 2.05) is 0 Å². The molecule has 0 fully saturated rings. The summed E-state index contributed by atoms with van der Waals surface area (Å²) in [5, 5.41) is 0.974. The fraction of sp³-hybridized carbons (Fsp3) is 0.600. The number of halogens is 1. The Morgan fingerprint density at radius 2 is 1.65 bits per heavy atom. The van der Waals surface area contributed by atoms with Gasteiger partial charge in [0.25, 0.3) is 0 Å². The van der Waals surface area contributed by atoms with Crippen LogP contribution in [0.3, 0.4) is 0 Å². The summed E-state index contributed by atoms with van der Waals surface area (Å²) in [5.74, 6) is 1.50. The molecule has 17 heavy (non-hydrogen) atoms. The molecule has 0 aromatic heterocycles. The van der Waals surface area contributed by atoms with E-state index in [0.29, 0.717) is 5.92 Å². The minimum absolute atomic E-state index is 0.266. The second-order valence-corrected chi connectivity index (χ2v) is 6.50. The Morgan fingerprint density at radius 1 is 1.12 bits per heavy atom. The highest BCUT2D eigenvalue weighted by atomic mass is 79.9. The van der Waals surface area contributed by atoms with Gasteiger partial charge >= 0.3 is 0 Å². The van der Waals surface area contributed by atoms with Crippen LogP contribution in [0.1, 0.15) is 31.9 Å². The quantitative estimate of drug-likeness (QED) is 0.730. The average molecular weight is 299 g/mol. The molecule has 0 aliphatic carbocycles. The van der Waals surface area contributed by atoms with Crippen LogP contribution in [-0.2, 0) is 0 Å². The van der Waals surface area contributed by atoms with Gasteiger partial charge in [0.1, 0.15) is 5.75 Å². The van der Waals surface area contributed by atoms with E-state index in [2.05, 4.69) is 68.7 Å². The standard InChI is InChI=1S/C15H23BrO/c1-11-6-12(2)8-14(7-11)17-10-13(9-16)15(3,4)5/h6-8,13H,9-10H2,1-5H3. The molecule has 0 spiro atoms. The van der Waals surface area contributed by atoms with Gasteiger partial charge in [-0.25, -0.2) is 0 Å². The molecular formula is C15H23BrO. The van der Waals surface area contributed by atoms with Crippen LogP contribution in [0.4, 0.5) is 0 Å². The lowest BCUT2D eigenvalue weighted by Crippen LogP contribution is -2.27. The minimum atomic E-state index is 0.266. The lowest BCUT2D eigenvalue weighted by atomic mass is 9.83. The Bertz CT molecular complexity index is 345. The Hall–Kier alpha value is -0.500. The fourth-order valence-electron chi connectivity index (χ4n) is 1.74. The van der Waals surface area contributed by atoms with Crippen LogP contribution < -0.4 is 4.74 Å². The molecule has 0 aliphatic rings. The van der Waals surface area contributed by atoms with E-state index in [1.54, 1.807) is 0 Å². The number of ether oxygens (including phenoxy) is 1. The first-order valence-electron chi connectivity index (χ1n) is 6.10. The maximum atomic E-state index is 5.92. The fourth-order valence-corrected chi connectivity index (χ4v) is 2.90. The normalized spacial score (nSPS) is 13.5. The zero-order valence-electron chi connectivity index (χ0n) is 11.5. The number of hydrogen-bond donors (Lipinski definition) is 0. The molecule has 1 aromatic carbocycles. The van der Waals surface area contributed by atoms with Crippen LogP contribution in [0.2, 0.25) is 0 Å². The Morgan fingerprint density at radius 3 is 2.06 bits per heavy atom. The van der Waals surface area contributed by atoms with Gasteiger partial charge in [0.2, 0.25) is 0 Å². The van der Waals surface area contributed by atoms with Gasteiger partial charge in [-0.2, -0.15) is 0 Å². The first-order valence-corrected chi connectivity index (χ1v) is 7.22. The number of alkyl halides is 1. The van der Waals surface area contributed by atoms with Crippen LogP contribution in [-0.4, -0.2) is 11.9 Å². The molecule has 1 aromatic rings. The summed E-state index contributed by atoms with van der Waals surface area (Å²) in [6.45, 7) is 11.7. The number of rotatable bonds is 4. The van der Waals surface area contributed by atoms with E-state index in [9.17, 15) is 0 Å². The molecule has 2 heteroatoms. The van der Waals surface area contributed by atoms with Crippen molar-refractivity contribution in [3.05, 3.63) is 29.3 Å². The van der Waals surface area contributed by atoms with Crippen molar-refractivity contribution in [2.24, 2.45) is 11.3 Å². The zero-order valence-corrected chi connectivity index (χ0v) is 13.1. The van der Waals surface area contributed by atoms with Crippen LogP contribution in [0.25, 0.3) is 0 Å². The number of hydrogen-bond acceptors (Lipinski definition) is 1. The monoisotopic (exact) mass is 298 g/mol. The molecule has 0 aliphatic heterocycles. The van der Waals surface area contributed by atoms with Gasteiger partial charge in [-0.1, -0.05) is 42.8 Å². The highest BCUT2D eigenvalue weighted by Gasteiger charge is 2.24. The SMILES string of the molecule is Cc1cc(C)cc(OCC(CBr)C(C)(C)C)c1. The molecule has 0 bridgehead atoms. The molecule has 0 saturated heterocycles. The molecule has 1 rings (SSSR count). The number of aryl methyl sites for hydroxylation is 2. The average Bonchev–Trinajstić information content (AvgIpc) is 2.14. The largest absolute Gasteiger partial charge is 0.493 e. The maximum absolute atomic E-state index is 5.92. The van der Waals surface area contributed by atoms with Crippen molar-refractivity contribution in [1.82, 2.24) is 0 Å². The lowest BCUT2D eigenvalue weighted by molar-refractivity contribution is 0.166. The van der Waals surface area contributed by atoms with Gasteiger partial charge < -0.3 is 4.74 Å². The summed E-state index contributed by atoms with van der Waals surface area (Å²) in [6.07, 6.45) is 0. The molecular weight excluding hydrogens is 276 g/mol. The van der Waals surface area contributed by atoms with Gasteiger partial charge in [0.15, 0.2) is 0 Å². The molecule has 96 valence electrons. The molecule has 0 saturated carbocycles. The summed E-state index contributed by atoms with van der Waals surface area (Å²) in [7, 11) is 0. The molecule has 0 radical (unpaired) electrons. The summed E-state index contributed by atoms with van der Waals surface area (Å²) in [4.78, 5) is 0. The van der Waals surface area contributed by atoms with Crippen LogP contribution in [0.5, 0.6) is 5.75 Å². The summed E-state index contributed by atoms with van der Waals surface area (Å²) < 4.78 is 5.92. The molecule has 1 atom stereocenters. The van der Waals surface area contributed by atoms with Crippen LogP contribution >= 0.6 is 15.9 Å². The van der Waals surface area contributed by atoms with Crippen molar-refractivity contribution in [3.63, 3.8) is 0 Å². The van der Waals surface area contributed by atoms with E-state index in [4.69, 9.17) is 4.74 Å². The van der Waals surface area contributed by atoms with E-state index in [1.165, 1.54) is 11.1 Å². The van der Waals surface area contributed by atoms with Crippen LogP contribution in [0.15, 0.2) is 18.2 Å². The van der Waals surface area contributed by atoms with E-state index >= 15 is 0 Å². The predicted octanol–water partition coefficient (Wildman–Crippen LogP) is 4.74. The predicted molar refractivity (Wildman–Crippen MR) is 78.2 cm³/mol. The lowest BCUT2D eigenvalue weighted by Gasteiger charge is -2.29. The summed E-state index contributed by atoms with van der Waals surface area (Å²) >= 11 is 3.57. The van der Waals surface area contributed by atoms with Crippen molar-refractivity contribution < 1.29 is 4.74 Å². The van der Waals surface area contributed by atoms with Crippen LogP contribution in [0, 0.1) is 25.2 Å². The first kappa shape index (κ1) is 14.6. The van der Waals surface area contributed by atoms with E-state index in [-0.39, 0.29) is 5.41 Å². The van der Waals surface area contributed by atoms with E-state index < -0.39 is 0 Å². The molecule has 1 unspecified atom stereocenters. The highest BCUT2D eigenvalue weighted by molar-refractivity contribution is 9.09. The van der Waals surface area contributed by atoms with Crippen molar-refractivity contribution >= 4 is 15.9 Å². The molecule has 0 N–H and O–H groups in total. The highest BCUT2D eigenvalue weighted by Crippen LogP contribution is 2.28. The third-order valence-corrected chi connectivity index (χ3v) is 3.84. The number of benzene rings is 1. The topological polar surface area (TPSA) is 9.23 Å². The van der Waals surface area contributed by atoms with Gasteiger partial charge in [0, 0.05) is 11.2 Å². The minimum Gasteiger partial charge on any atom is -0.493 e. The second-order valence-electron chi connectivity index (χ2n) is 5.85. The summed E-state index contributed by atoms with van der Waals surface area (Å²) in [6, 6.07) is 6.36. The van der Waals surface area contributed by atoms with Gasteiger partial charge in [-0.05, 0) is 42.5 Å². The van der Waals surface area contributed by atoms with Crippen molar-refractivity contribution in [3.8, 4) is 5.75 Å². The van der Waals surface area contributed by atoms with Crippen molar-refractivity contribution in [2.45, 2.75) is 34.6 Å². The Balaban J connectivity index is 2.66. The second kappa shape index (κ2) is 5.90. The smallest absolute Gasteiger partial charge is 0.119 e.